The van der Waals surface area contributed by atoms with Crippen molar-refractivity contribution in [1.82, 2.24) is 10.6 Å². The Hall–Kier alpha value is -1.97. The van der Waals surface area contributed by atoms with E-state index in [0.717, 1.165) is 0 Å². The Kier molecular flexibility index (Phi) is 9.46. The zero-order chi connectivity index (χ0) is 23.1. The first-order valence-electron chi connectivity index (χ1n) is 10.2. The molecule has 170 valence electrons. The van der Waals surface area contributed by atoms with Crippen molar-refractivity contribution in [3.63, 3.8) is 0 Å². The molecule has 2 amide bonds. The van der Waals surface area contributed by atoms with Gasteiger partial charge in [-0.15, -0.1) is 0 Å². The SMILES string of the molecule is CC(C)C[C@H](NC(=O)CNc1cc(Cl)ccc1Cl)B1OC(=O)C[C@H](C(=O)NC(C)C)O1. The second-order valence-corrected chi connectivity index (χ2v) is 8.98. The molecule has 0 unspecified atom stereocenters. The minimum Gasteiger partial charge on any atom is -0.508 e. The molecule has 3 N–H and O–H groups in total. The van der Waals surface area contributed by atoms with Gasteiger partial charge in [0.05, 0.1) is 29.6 Å². The van der Waals surface area contributed by atoms with Gasteiger partial charge in [-0.1, -0.05) is 37.0 Å². The van der Waals surface area contributed by atoms with Crippen molar-refractivity contribution in [3.05, 3.63) is 28.2 Å². The third kappa shape index (κ3) is 8.24. The topological polar surface area (TPSA) is 106 Å². The van der Waals surface area contributed by atoms with Crippen molar-refractivity contribution in [1.29, 1.82) is 0 Å². The fraction of sp³-hybridized carbons (Fsp3) is 0.550. The highest BCUT2D eigenvalue weighted by Gasteiger charge is 2.44. The summed E-state index contributed by atoms with van der Waals surface area (Å²) in [5.74, 6) is -1.74. The van der Waals surface area contributed by atoms with Gasteiger partial charge in [-0.3, -0.25) is 14.4 Å². The first-order valence-corrected chi connectivity index (χ1v) is 10.9. The Morgan fingerprint density at radius 3 is 2.55 bits per heavy atom. The summed E-state index contributed by atoms with van der Waals surface area (Å²) in [6.45, 7) is 7.50. The molecule has 0 aliphatic carbocycles. The van der Waals surface area contributed by atoms with Gasteiger partial charge < -0.3 is 25.3 Å². The first-order chi connectivity index (χ1) is 14.5. The van der Waals surface area contributed by atoms with Crippen LogP contribution < -0.4 is 16.0 Å². The summed E-state index contributed by atoms with van der Waals surface area (Å²) in [6.07, 6.45) is -0.657. The average molecular weight is 472 g/mol. The zero-order valence-electron chi connectivity index (χ0n) is 18.0. The number of carbonyl (C=O) groups is 3. The minimum absolute atomic E-state index is 0.0768. The summed E-state index contributed by atoms with van der Waals surface area (Å²) in [6, 6.07) is 4.80. The average Bonchev–Trinajstić information content (AvgIpc) is 2.66. The Labute approximate surface area is 192 Å². The lowest BCUT2D eigenvalue weighted by Crippen LogP contribution is -2.57. The van der Waals surface area contributed by atoms with Crippen LogP contribution in [0.1, 0.15) is 40.5 Å². The van der Waals surface area contributed by atoms with E-state index >= 15 is 0 Å². The van der Waals surface area contributed by atoms with Crippen molar-refractivity contribution in [3.8, 4) is 0 Å². The highest BCUT2D eigenvalue weighted by molar-refractivity contribution is 6.50. The van der Waals surface area contributed by atoms with E-state index in [1.165, 1.54) is 0 Å². The van der Waals surface area contributed by atoms with Gasteiger partial charge in [0.15, 0.2) is 0 Å². The Balaban J connectivity index is 2.04. The van der Waals surface area contributed by atoms with E-state index in [0.29, 0.717) is 22.2 Å². The van der Waals surface area contributed by atoms with Gasteiger partial charge in [0.2, 0.25) is 11.8 Å². The molecule has 8 nitrogen and oxygen atoms in total. The second-order valence-electron chi connectivity index (χ2n) is 8.13. The van der Waals surface area contributed by atoms with E-state index in [2.05, 4.69) is 16.0 Å². The van der Waals surface area contributed by atoms with Gasteiger partial charge in [0, 0.05) is 11.1 Å². The lowest BCUT2D eigenvalue weighted by Gasteiger charge is -2.32. The molecule has 2 rings (SSSR count). The largest absolute Gasteiger partial charge is 0.551 e. The maximum absolute atomic E-state index is 12.6. The molecular weight excluding hydrogens is 444 g/mol. The molecule has 1 aliphatic rings. The molecule has 2 atom stereocenters. The Morgan fingerprint density at radius 2 is 1.90 bits per heavy atom. The number of carbonyl (C=O) groups excluding carboxylic acids is 3. The van der Waals surface area contributed by atoms with Gasteiger partial charge in [-0.2, -0.15) is 0 Å². The van der Waals surface area contributed by atoms with Crippen molar-refractivity contribution in [2.45, 2.75) is 58.6 Å². The fourth-order valence-corrected chi connectivity index (χ4v) is 3.44. The van der Waals surface area contributed by atoms with Gasteiger partial charge >= 0.3 is 7.12 Å². The monoisotopic (exact) mass is 471 g/mol. The van der Waals surface area contributed by atoms with Crippen LogP contribution in [0, 0.1) is 5.92 Å². The molecule has 0 radical (unpaired) electrons. The quantitative estimate of drug-likeness (QED) is 0.478. The van der Waals surface area contributed by atoms with Crippen molar-refractivity contribution >= 4 is 53.8 Å². The first kappa shape index (κ1) is 25.3. The van der Waals surface area contributed by atoms with Crippen LogP contribution in [0.4, 0.5) is 5.69 Å². The van der Waals surface area contributed by atoms with Crippen molar-refractivity contribution in [2.24, 2.45) is 5.92 Å². The Morgan fingerprint density at radius 1 is 1.19 bits per heavy atom. The van der Waals surface area contributed by atoms with E-state index in [1.807, 2.05) is 27.7 Å². The third-order valence-corrected chi connectivity index (χ3v) is 4.95. The van der Waals surface area contributed by atoms with Crippen LogP contribution in [0.25, 0.3) is 0 Å². The summed E-state index contributed by atoms with van der Waals surface area (Å²) in [5.41, 5.74) is 0.524. The maximum atomic E-state index is 12.6. The molecular formula is C20H28BCl2N3O5. The number of nitrogens with one attached hydrogen (secondary N) is 3. The molecule has 31 heavy (non-hydrogen) atoms. The van der Waals surface area contributed by atoms with Crippen LogP contribution >= 0.6 is 23.2 Å². The van der Waals surface area contributed by atoms with E-state index in [9.17, 15) is 14.4 Å². The van der Waals surface area contributed by atoms with Gasteiger partial charge in [0.1, 0.15) is 6.10 Å². The molecule has 1 aromatic carbocycles. The number of hydrogen-bond acceptors (Lipinski definition) is 6. The number of halogens is 2. The molecule has 1 aliphatic heterocycles. The zero-order valence-corrected chi connectivity index (χ0v) is 19.5. The molecule has 11 heteroatoms. The smallest absolute Gasteiger partial charge is 0.508 e. The highest BCUT2D eigenvalue weighted by Crippen LogP contribution is 2.25. The van der Waals surface area contributed by atoms with Crippen molar-refractivity contribution < 1.29 is 23.7 Å². The Bertz CT molecular complexity index is 809. The summed E-state index contributed by atoms with van der Waals surface area (Å²) in [5, 5.41) is 9.41. The molecule has 0 spiro atoms. The van der Waals surface area contributed by atoms with Crippen LogP contribution in [-0.2, 0) is 23.7 Å². The van der Waals surface area contributed by atoms with E-state index in [1.54, 1.807) is 18.2 Å². The van der Waals surface area contributed by atoms with Crippen LogP contribution in [0.3, 0.4) is 0 Å². The maximum Gasteiger partial charge on any atom is 0.551 e. The molecule has 1 fully saturated rings. The molecule has 1 aromatic rings. The predicted octanol–water partition coefficient (Wildman–Crippen LogP) is 2.82. The van der Waals surface area contributed by atoms with E-state index in [-0.39, 0.29) is 36.7 Å². The van der Waals surface area contributed by atoms with Gasteiger partial charge in [-0.25, -0.2) is 0 Å². The number of anilines is 1. The normalized spacial score (nSPS) is 17.4. The third-order valence-electron chi connectivity index (χ3n) is 4.39. The number of hydrogen-bond donors (Lipinski definition) is 3. The molecule has 1 heterocycles. The second kappa shape index (κ2) is 11.6. The van der Waals surface area contributed by atoms with Gasteiger partial charge in [0.25, 0.3) is 5.97 Å². The van der Waals surface area contributed by atoms with Crippen LogP contribution in [0.2, 0.25) is 10.0 Å². The predicted molar refractivity (Wildman–Crippen MR) is 121 cm³/mol. The van der Waals surface area contributed by atoms with Crippen molar-refractivity contribution in [2.75, 3.05) is 11.9 Å². The molecule has 0 saturated carbocycles. The standard InChI is InChI=1S/C20H28BCl2N3O5/c1-11(2)7-17(21-30-16(9-19(28)31-21)20(29)25-12(3)4)26-18(27)10-24-15-8-13(22)5-6-14(15)23/h5-6,8,11-12,16-17,24H,7,9-10H2,1-4H3,(H,25,29)(H,26,27)/t16-,17+/m1/s1. The molecule has 0 bridgehead atoms. The summed E-state index contributed by atoms with van der Waals surface area (Å²) in [4.78, 5) is 37.0. The molecule has 1 saturated heterocycles. The van der Waals surface area contributed by atoms with Crippen LogP contribution in [0.15, 0.2) is 18.2 Å². The lowest BCUT2D eigenvalue weighted by atomic mass is 9.72. The van der Waals surface area contributed by atoms with Crippen LogP contribution in [0.5, 0.6) is 0 Å². The van der Waals surface area contributed by atoms with E-state index < -0.39 is 25.1 Å². The van der Waals surface area contributed by atoms with Crippen LogP contribution in [-0.4, -0.2) is 49.5 Å². The number of amides is 2. The summed E-state index contributed by atoms with van der Waals surface area (Å²) in [7, 11) is -1.06. The molecule has 0 aromatic heterocycles. The number of rotatable bonds is 9. The fourth-order valence-electron chi connectivity index (χ4n) is 3.09. The summed E-state index contributed by atoms with van der Waals surface area (Å²) >= 11 is 12.1. The lowest BCUT2D eigenvalue weighted by molar-refractivity contribution is -0.149. The highest BCUT2D eigenvalue weighted by atomic mass is 35.5. The summed E-state index contributed by atoms with van der Waals surface area (Å²) < 4.78 is 11.1. The number of benzene rings is 1. The van der Waals surface area contributed by atoms with E-state index in [4.69, 9.17) is 32.5 Å². The van der Waals surface area contributed by atoms with Gasteiger partial charge in [-0.05, 0) is 44.4 Å². The minimum atomic E-state index is -1.06.